The Bertz CT molecular complexity index is 224. The van der Waals surface area contributed by atoms with Gasteiger partial charge in [-0.15, -0.1) is 0 Å². The molecule has 0 aliphatic rings. The van der Waals surface area contributed by atoms with Gasteiger partial charge in [-0.05, 0) is 44.8 Å². The molecule has 0 saturated carbocycles. The molecule has 1 rings (SSSR count). The first-order chi connectivity index (χ1) is 7.43. The second-order valence-electron chi connectivity index (χ2n) is 3.66. The SMILES string of the molecule is OCCCCCNCCCn1cccn1. The highest BCUT2D eigenvalue weighted by atomic mass is 16.2. The van der Waals surface area contributed by atoms with E-state index in [2.05, 4.69) is 10.4 Å². The summed E-state index contributed by atoms with van der Waals surface area (Å²) in [5.74, 6) is 0. The van der Waals surface area contributed by atoms with Gasteiger partial charge in [0.1, 0.15) is 0 Å². The van der Waals surface area contributed by atoms with E-state index >= 15 is 0 Å². The van der Waals surface area contributed by atoms with E-state index in [0.29, 0.717) is 6.61 Å². The van der Waals surface area contributed by atoms with Crippen LogP contribution in [0.1, 0.15) is 25.7 Å². The van der Waals surface area contributed by atoms with E-state index in [4.69, 9.17) is 5.11 Å². The highest BCUT2D eigenvalue weighted by molar-refractivity contribution is 4.77. The fourth-order valence-corrected chi connectivity index (χ4v) is 1.46. The summed E-state index contributed by atoms with van der Waals surface area (Å²) in [6, 6.07) is 1.95. The third-order valence-electron chi connectivity index (χ3n) is 2.31. The molecule has 0 bridgehead atoms. The van der Waals surface area contributed by atoms with Crippen molar-refractivity contribution in [1.82, 2.24) is 15.1 Å². The average molecular weight is 211 g/mol. The van der Waals surface area contributed by atoms with Crippen molar-refractivity contribution in [1.29, 1.82) is 0 Å². The topological polar surface area (TPSA) is 50.1 Å². The van der Waals surface area contributed by atoms with Crippen LogP contribution in [0.25, 0.3) is 0 Å². The molecule has 0 atom stereocenters. The molecular weight excluding hydrogens is 190 g/mol. The molecule has 0 saturated heterocycles. The summed E-state index contributed by atoms with van der Waals surface area (Å²) in [7, 11) is 0. The zero-order valence-electron chi connectivity index (χ0n) is 9.23. The standard InChI is InChI=1S/C11H21N3O/c15-11-3-1-2-6-12-7-4-9-14-10-5-8-13-14/h5,8,10,12,15H,1-4,6-7,9,11H2. The number of hydrogen-bond acceptors (Lipinski definition) is 3. The predicted molar refractivity (Wildman–Crippen MR) is 60.7 cm³/mol. The van der Waals surface area contributed by atoms with Crippen LogP contribution in [0.4, 0.5) is 0 Å². The van der Waals surface area contributed by atoms with Crippen LogP contribution in [0.2, 0.25) is 0 Å². The molecule has 15 heavy (non-hydrogen) atoms. The summed E-state index contributed by atoms with van der Waals surface area (Å²) in [6.45, 7) is 3.40. The van der Waals surface area contributed by atoms with E-state index in [9.17, 15) is 0 Å². The smallest absolute Gasteiger partial charge is 0.0489 e. The summed E-state index contributed by atoms with van der Waals surface area (Å²) in [4.78, 5) is 0. The van der Waals surface area contributed by atoms with Crippen LogP contribution in [-0.2, 0) is 6.54 Å². The molecule has 0 unspecified atom stereocenters. The van der Waals surface area contributed by atoms with Crippen LogP contribution in [0, 0.1) is 0 Å². The Morgan fingerprint density at radius 3 is 2.73 bits per heavy atom. The van der Waals surface area contributed by atoms with E-state index in [1.54, 1.807) is 0 Å². The molecule has 0 aromatic carbocycles. The van der Waals surface area contributed by atoms with Crippen LogP contribution in [-0.4, -0.2) is 34.6 Å². The second-order valence-corrected chi connectivity index (χ2v) is 3.66. The summed E-state index contributed by atoms with van der Waals surface area (Å²) in [5.41, 5.74) is 0. The molecule has 4 nitrogen and oxygen atoms in total. The number of aromatic nitrogens is 2. The predicted octanol–water partition coefficient (Wildman–Crippen LogP) is 1.03. The van der Waals surface area contributed by atoms with Crippen molar-refractivity contribution in [3.05, 3.63) is 18.5 Å². The first-order valence-corrected chi connectivity index (χ1v) is 5.72. The van der Waals surface area contributed by atoms with Gasteiger partial charge in [-0.2, -0.15) is 5.10 Å². The maximum absolute atomic E-state index is 8.58. The fraction of sp³-hybridized carbons (Fsp3) is 0.727. The number of aliphatic hydroxyl groups excluding tert-OH is 1. The number of aryl methyl sites for hydroxylation is 1. The van der Waals surface area contributed by atoms with E-state index in [-0.39, 0.29) is 0 Å². The molecule has 86 valence electrons. The van der Waals surface area contributed by atoms with Crippen molar-refractivity contribution in [2.75, 3.05) is 19.7 Å². The van der Waals surface area contributed by atoms with Gasteiger partial charge in [0.2, 0.25) is 0 Å². The Balaban J connectivity index is 1.81. The summed E-state index contributed by atoms with van der Waals surface area (Å²) in [6.07, 6.45) is 8.10. The van der Waals surface area contributed by atoms with Gasteiger partial charge in [-0.1, -0.05) is 0 Å². The van der Waals surface area contributed by atoms with Crippen LogP contribution < -0.4 is 5.32 Å². The molecule has 0 spiro atoms. The molecule has 0 radical (unpaired) electrons. The lowest BCUT2D eigenvalue weighted by molar-refractivity contribution is 0.283. The van der Waals surface area contributed by atoms with Crippen molar-refractivity contribution in [3.8, 4) is 0 Å². The number of hydrogen-bond donors (Lipinski definition) is 2. The number of aliphatic hydroxyl groups is 1. The molecule has 0 fully saturated rings. The maximum atomic E-state index is 8.58. The summed E-state index contributed by atoms with van der Waals surface area (Å²) >= 11 is 0. The molecule has 0 aliphatic carbocycles. The van der Waals surface area contributed by atoms with Crippen LogP contribution in [0.3, 0.4) is 0 Å². The van der Waals surface area contributed by atoms with Gasteiger partial charge in [-0.3, -0.25) is 4.68 Å². The van der Waals surface area contributed by atoms with Crippen molar-refractivity contribution >= 4 is 0 Å². The summed E-state index contributed by atoms with van der Waals surface area (Å²) in [5, 5.41) is 16.1. The van der Waals surface area contributed by atoms with E-state index in [0.717, 1.165) is 45.3 Å². The Hall–Kier alpha value is -0.870. The zero-order valence-corrected chi connectivity index (χ0v) is 9.23. The molecule has 1 aromatic heterocycles. The number of unbranched alkanes of at least 4 members (excludes halogenated alkanes) is 2. The lowest BCUT2D eigenvalue weighted by atomic mass is 10.2. The minimum Gasteiger partial charge on any atom is -0.396 e. The third kappa shape index (κ3) is 6.25. The molecule has 4 heteroatoms. The number of nitrogens with zero attached hydrogens (tertiary/aromatic N) is 2. The van der Waals surface area contributed by atoms with Crippen LogP contribution in [0.5, 0.6) is 0 Å². The minimum absolute atomic E-state index is 0.319. The first-order valence-electron chi connectivity index (χ1n) is 5.72. The largest absolute Gasteiger partial charge is 0.396 e. The average Bonchev–Trinajstić information content (AvgIpc) is 2.75. The lowest BCUT2D eigenvalue weighted by Gasteiger charge is -2.04. The minimum atomic E-state index is 0.319. The molecule has 1 aromatic rings. The highest BCUT2D eigenvalue weighted by Crippen LogP contribution is 1.92. The van der Waals surface area contributed by atoms with Crippen molar-refractivity contribution in [2.24, 2.45) is 0 Å². The van der Waals surface area contributed by atoms with E-state index < -0.39 is 0 Å². The Morgan fingerprint density at radius 2 is 2.00 bits per heavy atom. The molecule has 0 aliphatic heterocycles. The Labute approximate surface area is 91.3 Å². The van der Waals surface area contributed by atoms with Crippen molar-refractivity contribution in [3.63, 3.8) is 0 Å². The van der Waals surface area contributed by atoms with Crippen LogP contribution in [0.15, 0.2) is 18.5 Å². The molecular formula is C11H21N3O. The Kier molecular flexibility index (Phi) is 6.86. The van der Waals surface area contributed by atoms with E-state index in [1.807, 2.05) is 23.1 Å². The lowest BCUT2D eigenvalue weighted by Crippen LogP contribution is -2.18. The van der Waals surface area contributed by atoms with Gasteiger partial charge in [-0.25, -0.2) is 0 Å². The number of nitrogens with one attached hydrogen (secondary N) is 1. The molecule has 2 N–H and O–H groups in total. The maximum Gasteiger partial charge on any atom is 0.0489 e. The van der Waals surface area contributed by atoms with Gasteiger partial charge < -0.3 is 10.4 Å². The van der Waals surface area contributed by atoms with Gasteiger partial charge >= 0.3 is 0 Å². The fourth-order valence-electron chi connectivity index (χ4n) is 1.46. The van der Waals surface area contributed by atoms with Gasteiger partial charge in [0.05, 0.1) is 0 Å². The van der Waals surface area contributed by atoms with Crippen molar-refractivity contribution < 1.29 is 5.11 Å². The zero-order chi connectivity index (χ0) is 10.8. The highest BCUT2D eigenvalue weighted by Gasteiger charge is 1.91. The van der Waals surface area contributed by atoms with Gasteiger partial charge in [0.25, 0.3) is 0 Å². The first kappa shape index (κ1) is 12.2. The normalized spacial score (nSPS) is 10.7. The molecule has 1 heterocycles. The summed E-state index contributed by atoms with van der Waals surface area (Å²) < 4.78 is 1.95. The third-order valence-corrected chi connectivity index (χ3v) is 2.31. The second kappa shape index (κ2) is 8.44. The van der Waals surface area contributed by atoms with Crippen LogP contribution >= 0.6 is 0 Å². The Morgan fingerprint density at radius 1 is 1.13 bits per heavy atom. The number of rotatable bonds is 9. The monoisotopic (exact) mass is 211 g/mol. The van der Waals surface area contributed by atoms with Gasteiger partial charge in [0.15, 0.2) is 0 Å². The molecule has 0 amide bonds. The quantitative estimate of drug-likeness (QED) is 0.600. The van der Waals surface area contributed by atoms with Crippen molar-refractivity contribution in [2.45, 2.75) is 32.2 Å². The van der Waals surface area contributed by atoms with Gasteiger partial charge in [0, 0.05) is 25.5 Å². The van der Waals surface area contributed by atoms with E-state index in [1.165, 1.54) is 0 Å².